The largest absolute Gasteiger partial charge is 0.388 e. The molecule has 0 saturated carbocycles. The van der Waals surface area contributed by atoms with Crippen molar-refractivity contribution in [2.24, 2.45) is 0 Å². The molecule has 0 saturated heterocycles. The monoisotopic (exact) mass is 250 g/mol. The van der Waals surface area contributed by atoms with Crippen molar-refractivity contribution in [2.45, 2.75) is 18.9 Å². The molecule has 0 aliphatic heterocycles. The normalized spacial score (nSPS) is 11.6. The van der Waals surface area contributed by atoms with Crippen LogP contribution < -0.4 is 0 Å². The molecule has 96 valence electrons. The summed E-state index contributed by atoms with van der Waals surface area (Å²) in [5.41, 5.74) is 5.86. The SMILES string of the molecule is C=C=C(c1ccccc1)C(O)CCc1ccccc1. The van der Waals surface area contributed by atoms with E-state index in [4.69, 9.17) is 0 Å². The van der Waals surface area contributed by atoms with Gasteiger partial charge in [0.05, 0.1) is 6.10 Å². The molecular formula is C18H18O. The van der Waals surface area contributed by atoms with Gasteiger partial charge < -0.3 is 5.11 Å². The predicted octanol–water partition coefficient (Wildman–Crippen LogP) is 3.85. The summed E-state index contributed by atoms with van der Waals surface area (Å²) in [6.45, 7) is 3.69. The topological polar surface area (TPSA) is 20.2 Å². The highest BCUT2D eigenvalue weighted by atomic mass is 16.3. The molecule has 0 radical (unpaired) electrons. The standard InChI is InChI=1S/C18H18O/c1-2-17(16-11-7-4-8-12-16)18(19)14-13-15-9-5-3-6-10-15/h3-12,18-19H,1,13-14H2. The van der Waals surface area contributed by atoms with Gasteiger partial charge in [-0.05, 0) is 24.0 Å². The molecule has 1 heteroatoms. The summed E-state index contributed by atoms with van der Waals surface area (Å²) in [5.74, 6) is 0. The highest BCUT2D eigenvalue weighted by Gasteiger charge is 2.12. The Bertz CT molecular complexity index is 551. The minimum Gasteiger partial charge on any atom is -0.388 e. The molecule has 2 rings (SSSR count). The zero-order valence-electron chi connectivity index (χ0n) is 10.9. The van der Waals surface area contributed by atoms with Crippen LogP contribution in [0.2, 0.25) is 0 Å². The van der Waals surface area contributed by atoms with Crippen LogP contribution in [0.5, 0.6) is 0 Å². The highest BCUT2D eigenvalue weighted by molar-refractivity contribution is 5.67. The van der Waals surface area contributed by atoms with Crippen LogP contribution in [0.1, 0.15) is 17.5 Å². The van der Waals surface area contributed by atoms with Gasteiger partial charge in [0.25, 0.3) is 0 Å². The van der Waals surface area contributed by atoms with E-state index in [0.29, 0.717) is 6.42 Å². The molecule has 2 aromatic carbocycles. The number of aliphatic hydroxyl groups excluding tert-OH is 1. The Morgan fingerprint density at radius 2 is 1.58 bits per heavy atom. The maximum Gasteiger partial charge on any atom is 0.0870 e. The summed E-state index contributed by atoms with van der Waals surface area (Å²) >= 11 is 0. The van der Waals surface area contributed by atoms with Crippen molar-refractivity contribution in [1.82, 2.24) is 0 Å². The minimum absolute atomic E-state index is 0.528. The summed E-state index contributed by atoms with van der Waals surface area (Å²) < 4.78 is 0. The summed E-state index contributed by atoms with van der Waals surface area (Å²) in [7, 11) is 0. The average Bonchev–Trinajstić information content (AvgIpc) is 2.48. The average molecular weight is 250 g/mol. The summed E-state index contributed by atoms with van der Waals surface area (Å²) in [6.07, 6.45) is 0.997. The van der Waals surface area contributed by atoms with Gasteiger partial charge in [0.2, 0.25) is 0 Å². The number of hydrogen-bond donors (Lipinski definition) is 1. The first kappa shape index (κ1) is 13.4. The van der Waals surface area contributed by atoms with E-state index in [9.17, 15) is 5.11 Å². The highest BCUT2D eigenvalue weighted by Crippen LogP contribution is 2.20. The quantitative estimate of drug-likeness (QED) is 0.799. The second kappa shape index (κ2) is 6.75. The maximum atomic E-state index is 10.3. The van der Waals surface area contributed by atoms with Crippen molar-refractivity contribution >= 4 is 5.57 Å². The molecule has 0 bridgehead atoms. The predicted molar refractivity (Wildman–Crippen MR) is 79.8 cm³/mol. The van der Waals surface area contributed by atoms with Gasteiger partial charge in [-0.3, -0.25) is 0 Å². The van der Waals surface area contributed by atoms with E-state index in [1.807, 2.05) is 48.5 Å². The van der Waals surface area contributed by atoms with E-state index in [0.717, 1.165) is 17.6 Å². The van der Waals surface area contributed by atoms with Crippen LogP contribution in [0, 0.1) is 0 Å². The smallest absolute Gasteiger partial charge is 0.0870 e. The van der Waals surface area contributed by atoms with Crippen molar-refractivity contribution < 1.29 is 5.11 Å². The molecule has 0 heterocycles. The van der Waals surface area contributed by atoms with E-state index >= 15 is 0 Å². The van der Waals surface area contributed by atoms with Crippen LogP contribution in [0.3, 0.4) is 0 Å². The van der Waals surface area contributed by atoms with Crippen molar-refractivity contribution in [1.29, 1.82) is 0 Å². The molecule has 0 amide bonds. The van der Waals surface area contributed by atoms with Crippen LogP contribution in [0.25, 0.3) is 5.57 Å². The Labute approximate surface area is 114 Å². The van der Waals surface area contributed by atoms with Gasteiger partial charge in [0.15, 0.2) is 0 Å². The van der Waals surface area contributed by atoms with E-state index in [1.165, 1.54) is 5.56 Å². The lowest BCUT2D eigenvalue weighted by atomic mass is 9.96. The first-order chi connectivity index (χ1) is 9.31. The molecule has 0 aliphatic carbocycles. The maximum absolute atomic E-state index is 10.3. The lowest BCUT2D eigenvalue weighted by Gasteiger charge is -2.13. The van der Waals surface area contributed by atoms with Crippen LogP contribution in [-0.2, 0) is 6.42 Å². The molecular weight excluding hydrogens is 232 g/mol. The minimum atomic E-state index is -0.528. The molecule has 0 aliphatic rings. The fourth-order valence-corrected chi connectivity index (χ4v) is 2.12. The molecule has 0 fully saturated rings. The Morgan fingerprint density at radius 1 is 1.00 bits per heavy atom. The Kier molecular flexibility index (Phi) is 4.74. The number of hydrogen-bond acceptors (Lipinski definition) is 1. The molecule has 1 nitrogen and oxygen atoms in total. The van der Waals surface area contributed by atoms with Gasteiger partial charge in [-0.25, -0.2) is 0 Å². The van der Waals surface area contributed by atoms with Crippen LogP contribution in [0.15, 0.2) is 73.0 Å². The summed E-state index contributed by atoms with van der Waals surface area (Å²) in [4.78, 5) is 0. The zero-order chi connectivity index (χ0) is 13.5. The number of aliphatic hydroxyl groups is 1. The van der Waals surface area contributed by atoms with Crippen LogP contribution in [0.4, 0.5) is 0 Å². The van der Waals surface area contributed by atoms with Crippen molar-refractivity contribution in [3.8, 4) is 0 Å². The Morgan fingerprint density at radius 3 is 2.16 bits per heavy atom. The lowest BCUT2D eigenvalue weighted by Crippen LogP contribution is -2.10. The molecule has 0 spiro atoms. The van der Waals surface area contributed by atoms with Crippen LogP contribution >= 0.6 is 0 Å². The van der Waals surface area contributed by atoms with Crippen molar-refractivity contribution in [3.05, 3.63) is 84.1 Å². The van der Waals surface area contributed by atoms with E-state index in [-0.39, 0.29) is 0 Å². The van der Waals surface area contributed by atoms with Gasteiger partial charge >= 0.3 is 0 Å². The first-order valence-electron chi connectivity index (χ1n) is 6.48. The number of benzene rings is 2. The third kappa shape index (κ3) is 3.69. The first-order valence-corrected chi connectivity index (χ1v) is 6.48. The van der Waals surface area contributed by atoms with Gasteiger partial charge in [-0.15, -0.1) is 5.73 Å². The molecule has 1 N–H and O–H groups in total. The Hall–Kier alpha value is -2.08. The second-order valence-corrected chi connectivity index (χ2v) is 4.50. The van der Waals surface area contributed by atoms with Gasteiger partial charge in [0, 0.05) is 5.57 Å². The summed E-state index contributed by atoms with van der Waals surface area (Å²) in [6, 6.07) is 20.0. The molecule has 0 aromatic heterocycles. The van der Waals surface area contributed by atoms with Crippen LogP contribution in [-0.4, -0.2) is 11.2 Å². The van der Waals surface area contributed by atoms with Gasteiger partial charge in [0.1, 0.15) is 0 Å². The fourth-order valence-electron chi connectivity index (χ4n) is 2.12. The van der Waals surface area contributed by atoms with Crippen molar-refractivity contribution in [3.63, 3.8) is 0 Å². The molecule has 1 unspecified atom stereocenters. The third-order valence-corrected chi connectivity index (χ3v) is 3.16. The summed E-state index contributed by atoms with van der Waals surface area (Å²) in [5, 5.41) is 10.3. The zero-order valence-corrected chi connectivity index (χ0v) is 10.9. The fraction of sp³-hybridized carbons (Fsp3) is 0.167. The number of rotatable bonds is 5. The lowest BCUT2D eigenvalue weighted by molar-refractivity contribution is 0.222. The third-order valence-electron chi connectivity index (χ3n) is 3.16. The Balaban J connectivity index is 2.03. The second-order valence-electron chi connectivity index (χ2n) is 4.50. The van der Waals surface area contributed by atoms with Crippen molar-refractivity contribution in [2.75, 3.05) is 0 Å². The van der Waals surface area contributed by atoms with E-state index < -0.39 is 6.10 Å². The molecule has 19 heavy (non-hydrogen) atoms. The number of aryl methyl sites for hydroxylation is 1. The van der Waals surface area contributed by atoms with E-state index in [2.05, 4.69) is 24.4 Å². The van der Waals surface area contributed by atoms with Gasteiger partial charge in [-0.1, -0.05) is 67.2 Å². The van der Waals surface area contributed by atoms with Gasteiger partial charge in [-0.2, -0.15) is 0 Å². The molecule has 2 aromatic rings. The van der Waals surface area contributed by atoms with E-state index in [1.54, 1.807) is 0 Å². The molecule has 1 atom stereocenters.